The minimum atomic E-state index is -0.0582. The second-order valence-electron chi connectivity index (χ2n) is 8.84. The van der Waals surface area contributed by atoms with Gasteiger partial charge in [0.05, 0.1) is 35.6 Å². The highest BCUT2D eigenvalue weighted by atomic mass is 32.2. The van der Waals surface area contributed by atoms with Gasteiger partial charge in [-0.25, -0.2) is 4.98 Å². The Hall–Kier alpha value is -2.36. The first-order valence-electron chi connectivity index (χ1n) is 11.8. The molecule has 1 amide bonds. The molecule has 0 spiro atoms. The summed E-state index contributed by atoms with van der Waals surface area (Å²) >= 11 is 2.95. The molecule has 2 aliphatic rings. The van der Waals surface area contributed by atoms with Crippen molar-refractivity contribution >= 4 is 39.2 Å². The number of carbonyl (C=O) groups is 1. The minimum absolute atomic E-state index is 0.0164. The van der Waals surface area contributed by atoms with Crippen LogP contribution in [0.5, 0.6) is 5.75 Å². The molecule has 0 bridgehead atoms. The zero-order valence-corrected chi connectivity index (χ0v) is 21.3. The van der Waals surface area contributed by atoms with Gasteiger partial charge in [-0.3, -0.25) is 14.2 Å². The lowest BCUT2D eigenvalue weighted by molar-refractivity contribution is -0.140. The number of thiophene rings is 1. The third-order valence-electron chi connectivity index (χ3n) is 6.21. The molecular formula is C25H29N3O4S2. The summed E-state index contributed by atoms with van der Waals surface area (Å²) in [7, 11) is 0. The quantitative estimate of drug-likeness (QED) is 0.376. The van der Waals surface area contributed by atoms with Gasteiger partial charge in [0.1, 0.15) is 10.6 Å². The zero-order chi connectivity index (χ0) is 23.8. The first-order valence-corrected chi connectivity index (χ1v) is 13.6. The lowest BCUT2D eigenvalue weighted by Crippen LogP contribution is -2.48. The Morgan fingerprint density at radius 2 is 1.94 bits per heavy atom. The van der Waals surface area contributed by atoms with E-state index in [1.54, 1.807) is 15.9 Å². The van der Waals surface area contributed by atoms with Crippen molar-refractivity contribution in [2.45, 2.75) is 57.4 Å². The summed E-state index contributed by atoms with van der Waals surface area (Å²) in [5.41, 5.74) is 1.82. The molecule has 3 aromatic rings. The smallest absolute Gasteiger partial charge is 0.267 e. The highest BCUT2D eigenvalue weighted by Gasteiger charge is 2.27. The number of hydrogen-bond donors (Lipinski definition) is 0. The van der Waals surface area contributed by atoms with Crippen molar-refractivity contribution in [3.8, 4) is 11.4 Å². The molecule has 0 unspecified atom stereocenters. The van der Waals surface area contributed by atoms with E-state index in [1.807, 2.05) is 49.9 Å². The zero-order valence-electron chi connectivity index (χ0n) is 19.7. The number of nitrogens with zero attached hydrogens (tertiary/aromatic N) is 3. The maximum absolute atomic E-state index is 13.8. The SMILES string of the molecule is CCOc1ccc(-n2c(SCC(=O)N3C[C@@H](C)O[C@H](C)C3)nc3sc4c(c3c2=O)CCC4)cc1. The number of fused-ring (bicyclic) bond motifs is 3. The van der Waals surface area contributed by atoms with Gasteiger partial charge in [0.2, 0.25) is 5.91 Å². The Kier molecular flexibility index (Phi) is 6.68. The van der Waals surface area contributed by atoms with Crippen LogP contribution in [0.25, 0.3) is 15.9 Å². The third kappa shape index (κ3) is 4.48. The van der Waals surface area contributed by atoms with E-state index in [1.165, 1.54) is 16.6 Å². The van der Waals surface area contributed by atoms with Gasteiger partial charge in [-0.1, -0.05) is 11.8 Å². The lowest BCUT2D eigenvalue weighted by Gasteiger charge is -2.35. The second kappa shape index (κ2) is 9.71. The fraction of sp³-hybridized carbons (Fsp3) is 0.480. The second-order valence-corrected chi connectivity index (χ2v) is 10.9. The van der Waals surface area contributed by atoms with Crippen LogP contribution < -0.4 is 10.3 Å². The molecule has 1 aliphatic carbocycles. The monoisotopic (exact) mass is 499 g/mol. The normalized spacial score (nSPS) is 20.0. The molecule has 1 saturated heterocycles. The van der Waals surface area contributed by atoms with Crippen LogP contribution in [0.15, 0.2) is 34.2 Å². The van der Waals surface area contributed by atoms with Gasteiger partial charge in [0.15, 0.2) is 5.16 Å². The van der Waals surface area contributed by atoms with Gasteiger partial charge >= 0.3 is 0 Å². The molecule has 34 heavy (non-hydrogen) atoms. The van der Waals surface area contributed by atoms with Crippen molar-refractivity contribution in [2.24, 2.45) is 0 Å². The van der Waals surface area contributed by atoms with Crippen LogP contribution in [-0.2, 0) is 22.4 Å². The summed E-state index contributed by atoms with van der Waals surface area (Å²) in [6.45, 7) is 7.65. The molecular weight excluding hydrogens is 470 g/mol. The summed E-state index contributed by atoms with van der Waals surface area (Å²) in [4.78, 5) is 35.6. The van der Waals surface area contributed by atoms with Crippen molar-refractivity contribution in [2.75, 3.05) is 25.4 Å². The average molecular weight is 500 g/mol. The first kappa shape index (κ1) is 23.4. The molecule has 0 saturated carbocycles. The van der Waals surface area contributed by atoms with E-state index >= 15 is 0 Å². The minimum Gasteiger partial charge on any atom is -0.494 e. The van der Waals surface area contributed by atoms with Crippen LogP contribution in [-0.4, -0.2) is 58.0 Å². The Labute approximate surface area is 207 Å². The first-order chi connectivity index (χ1) is 16.4. The number of ether oxygens (including phenoxy) is 2. The maximum atomic E-state index is 13.8. The standard InChI is InChI=1S/C25H29N3O4S2/c1-4-31-18-10-8-17(9-11-18)28-24(30)22-19-6-5-7-20(19)34-23(22)26-25(28)33-14-21(29)27-12-15(2)32-16(3)13-27/h8-11,15-16H,4-7,12-14H2,1-3H3/t15-,16-/m1/s1. The van der Waals surface area contributed by atoms with Gasteiger partial charge in [0.25, 0.3) is 5.56 Å². The largest absolute Gasteiger partial charge is 0.494 e. The topological polar surface area (TPSA) is 73.7 Å². The van der Waals surface area contributed by atoms with Gasteiger partial charge in [0, 0.05) is 18.0 Å². The van der Waals surface area contributed by atoms with Crippen LogP contribution in [0.3, 0.4) is 0 Å². The van der Waals surface area contributed by atoms with E-state index in [0.29, 0.717) is 24.9 Å². The summed E-state index contributed by atoms with van der Waals surface area (Å²) in [6, 6.07) is 7.49. The lowest BCUT2D eigenvalue weighted by atomic mass is 10.2. The van der Waals surface area contributed by atoms with Crippen LogP contribution >= 0.6 is 23.1 Å². The number of rotatable bonds is 6. The van der Waals surface area contributed by atoms with E-state index in [4.69, 9.17) is 14.5 Å². The summed E-state index contributed by atoms with van der Waals surface area (Å²) < 4.78 is 13.0. The van der Waals surface area contributed by atoms with Gasteiger partial charge in [-0.05, 0) is 69.9 Å². The average Bonchev–Trinajstić information content (AvgIpc) is 3.39. The highest BCUT2D eigenvalue weighted by Crippen LogP contribution is 2.36. The number of carbonyl (C=O) groups excluding carboxylic acids is 1. The number of benzene rings is 1. The fourth-order valence-corrected chi connectivity index (χ4v) is 7.02. The Balaban J connectivity index is 1.50. The van der Waals surface area contributed by atoms with Crippen molar-refractivity contribution in [3.63, 3.8) is 0 Å². The van der Waals surface area contributed by atoms with Crippen molar-refractivity contribution < 1.29 is 14.3 Å². The number of morpholine rings is 1. The summed E-state index contributed by atoms with van der Waals surface area (Å²) in [5, 5.41) is 1.28. The van der Waals surface area contributed by atoms with Crippen LogP contribution in [0.1, 0.15) is 37.6 Å². The molecule has 7 nitrogen and oxygen atoms in total. The van der Waals surface area contributed by atoms with Gasteiger partial charge < -0.3 is 14.4 Å². The molecule has 2 aromatic heterocycles. The summed E-state index contributed by atoms with van der Waals surface area (Å²) in [5.74, 6) is 1.01. The third-order valence-corrected chi connectivity index (χ3v) is 8.32. The molecule has 180 valence electrons. The predicted octanol–water partition coefficient (Wildman–Crippen LogP) is 4.06. The molecule has 3 heterocycles. The van der Waals surface area contributed by atoms with E-state index in [-0.39, 0.29) is 29.4 Å². The molecule has 0 radical (unpaired) electrons. The molecule has 9 heteroatoms. The number of thioether (sulfide) groups is 1. The van der Waals surface area contributed by atoms with E-state index in [9.17, 15) is 9.59 Å². The van der Waals surface area contributed by atoms with Crippen LogP contribution in [0.2, 0.25) is 0 Å². The van der Waals surface area contributed by atoms with Crippen LogP contribution in [0.4, 0.5) is 0 Å². The Morgan fingerprint density at radius 3 is 2.65 bits per heavy atom. The highest BCUT2D eigenvalue weighted by molar-refractivity contribution is 7.99. The number of aromatic nitrogens is 2. The molecule has 1 aliphatic heterocycles. The van der Waals surface area contributed by atoms with E-state index < -0.39 is 0 Å². The van der Waals surface area contributed by atoms with E-state index in [0.717, 1.165) is 46.5 Å². The van der Waals surface area contributed by atoms with Crippen molar-refractivity contribution in [1.29, 1.82) is 0 Å². The number of amides is 1. The van der Waals surface area contributed by atoms with Crippen molar-refractivity contribution in [1.82, 2.24) is 14.5 Å². The van der Waals surface area contributed by atoms with Crippen molar-refractivity contribution in [3.05, 3.63) is 45.1 Å². The molecule has 2 atom stereocenters. The summed E-state index contributed by atoms with van der Waals surface area (Å²) in [6.07, 6.45) is 3.05. The molecule has 1 fully saturated rings. The maximum Gasteiger partial charge on any atom is 0.267 e. The van der Waals surface area contributed by atoms with Crippen LogP contribution in [0, 0.1) is 0 Å². The Bertz CT molecular complexity index is 1260. The molecule has 1 aromatic carbocycles. The van der Waals surface area contributed by atoms with E-state index in [2.05, 4.69) is 0 Å². The number of hydrogen-bond acceptors (Lipinski definition) is 7. The Morgan fingerprint density at radius 1 is 1.21 bits per heavy atom. The molecule has 5 rings (SSSR count). The van der Waals surface area contributed by atoms with Gasteiger partial charge in [-0.15, -0.1) is 11.3 Å². The molecule has 0 N–H and O–H groups in total. The number of aryl methyl sites for hydroxylation is 2. The van der Waals surface area contributed by atoms with Gasteiger partial charge in [-0.2, -0.15) is 0 Å². The fourth-order valence-electron chi connectivity index (χ4n) is 4.81. The predicted molar refractivity (Wildman–Crippen MR) is 136 cm³/mol.